The molecule has 0 aromatic heterocycles. The third kappa shape index (κ3) is 3.18. The lowest BCUT2D eigenvalue weighted by Crippen LogP contribution is -2.33. The van der Waals surface area contributed by atoms with Gasteiger partial charge in [-0.2, -0.15) is 0 Å². The van der Waals surface area contributed by atoms with Crippen molar-refractivity contribution in [2.75, 3.05) is 6.61 Å². The van der Waals surface area contributed by atoms with Gasteiger partial charge in [0.05, 0.1) is 19.1 Å². The summed E-state index contributed by atoms with van der Waals surface area (Å²) in [6.45, 7) is 1.83. The highest BCUT2D eigenvalue weighted by atomic mass is 31.1. The molecule has 16 heavy (non-hydrogen) atoms. The van der Waals surface area contributed by atoms with Crippen molar-refractivity contribution < 1.29 is 34.3 Å². The molecule has 1 aliphatic rings. The summed E-state index contributed by atoms with van der Waals surface area (Å²) in [5, 5.41) is 37.1. The molecule has 0 amide bonds. The zero-order valence-corrected chi connectivity index (χ0v) is 9.66. The SMILES string of the molecule is CCO[P+](=O)C(O)C[C@H]1O[C@@H](O)[C@H](O)[C@@H]1O. The molecule has 0 aromatic rings. The van der Waals surface area contributed by atoms with Crippen molar-refractivity contribution in [1.29, 1.82) is 0 Å². The Morgan fingerprint density at radius 2 is 2.00 bits per heavy atom. The second kappa shape index (κ2) is 5.97. The molecule has 2 unspecified atom stereocenters. The molecule has 0 radical (unpaired) electrons. The molecule has 4 N–H and O–H groups in total. The molecule has 1 rings (SSSR count). The first-order valence-electron chi connectivity index (χ1n) is 4.94. The number of hydrogen-bond donors (Lipinski definition) is 4. The van der Waals surface area contributed by atoms with Crippen LogP contribution in [0.25, 0.3) is 0 Å². The Morgan fingerprint density at radius 3 is 2.44 bits per heavy atom. The Labute approximate surface area is 93.5 Å². The molecule has 0 saturated carbocycles. The Hall–Kier alpha value is -0.140. The van der Waals surface area contributed by atoms with E-state index in [0.717, 1.165) is 0 Å². The first-order chi connectivity index (χ1) is 7.47. The van der Waals surface area contributed by atoms with Gasteiger partial charge in [0.25, 0.3) is 5.85 Å². The number of aliphatic hydroxyl groups is 4. The second-order valence-corrected chi connectivity index (χ2v) is 4.89. The highest BCUT2D eigenvalue weighted by Crippen LogP contribution is 2.33. The van der Waals surface area contributed by atoms with E-state index in [1.807, 2.05) is 0 Å². The predicted octanol–water partition coefficient (Wildman–Crippen LogP) is -1.09. The van der Waals surface area contributed by atoms with Crippen LogP contribution in [0.5, 0.6) is 0 Å². The average molecular weight is 255 g/mol. The third-order valence-corrected chi connectivity index (χ3v) is 3.49. The van der Waals surface area contributed by atoms with E-state index in [2.05, 4.69) is 0 Å². The molecule has 6 atom stereocenters. The highest BCUT2D eigenvalue weighted by molar-refractivity contribution is 7.39. The Balaban J connectivity index is 2.46. The molecule has 0 aliphatic carbocycles. The van der Waals surface area contributed by atoms with E-state index in [9.17, 15) is 19.9 Å². The minimum Gasteiger partial charge on any atom is -0.387 e. The van der Waals surface area contributed by atoms with Gasteiger partial charge in [0.15, 0.2) is 6.29 Å². The van der Waals surface area contributed by atoms with E-state index >= 15 is 0 Å². The zero-order valence-electron chi connectivity index (χ0n) is 8.76. The van der Waals surface area contributed by atoms with Crippen LogP contribution >= 0.6 is 8.03 Å². The van der Waals surface area contributed by atoms with Crippen LogP contribution in [0, 0.1) is 0 Å². The number of rotatable bonds is 5. The summed E-state index contributed by atoms with van der Waals surface area (Å²) in [5.41, 5.74) is 0. The van der Waals surface area contributed by atoms with Crippen molar-refractivity contribution in [3.8, 4) is 0 Å². The molecule has 1 saturated heterocycles. The van der Waals surface area contributed by atoms with Crippen molar-refractivity contribution in [3.05, 3.63) is 0 Å². The van der Waals surface area contributed by atoms with E-state index in [1.54, 1.807) is 6.92 Å². The molecular formula is C8H16O7P+. The van der Waals surface area contributed by atoms with Crippen LogP contribution < -0.4 is 0 Å². The molecule has 0 aromatic carbocycles. The first kappa shape index (κ1) is 13.9. The van der Waals surface area contributed by atoms with Crippen LogP contribution in [-0.4, -0.2) is 57.5 Å². The lowest BCUT2D eigenvalue weighted by Gasteiger charge is -2.12. The summed E-state index contributed by atoms with van der Waals surface area (Å²) in [4.78, 5) is 0. The van der Waals surface area contributed by atoms with E-state index in [4.69, 9.17) is 14.4 Å². The van der Waals surface area contributed by atoms with E-state index in [-0.39, 0.29) is 13.0 Å². The smallest absolute Gasteiger partial charge is 0.387 e. The largest absolute Gasteiger partial charge is 0.540 e. The molecule has 0 bridgehead atoms. The van der Waals surface area contributed by atoms with Gasteiger partial charge in [0.2, 0.25) is 0 Å². The summed E-state index contributed by atoms with van der Waals surface area (Å²) >= 11 is 0. The van der Waals surface area contributed by atoms with Gasteiger partial charge in [-0.15, -0.1) is 4.52 Å². The molecular weight excluding hydrogens is 239 g/mol. The lowest BCUT2D eigenvalue weighted by molar-refractivity contribution is -0.130. The van der Waals surface area contributed by atoms with Crippen molar-refractivity contribution in [3.63, 3.8) is 0 Å². The van der Waals surface area contributed by atoms with Crippen LogP contribution in [-0.2, 0) is 13.8 Å². The molecule has 8 heteroatoms. The Bertz CT molecular complexity index is 249. The van der Waals surface area contributed by atoms with Crippen LogP contribution in [0.1, 0.15) is 13.3 Å². The monoisotopic (exact) mass is 255 g/mol. The van der Waals surface area contributed by atoms with E-state index in [1.165, 1.54) is 0 Å². The van der Waals surface area contributed by atoms with Gasteiger partial charge >= 0.3 is 8.03 Å². The molecule has 0 spiro atoms. The van der Waals surface area contributed by atoms with Gasteiger partial charge < -0.3 is 25.2 Å². The highest BCUT2D eigenvalue weighted by Gasteiger charge is 2.45. The van der Waals surface area contributed by atoms with Crippen LogP contribution in [0.2, 0.25) is 0 Å². The maximum Gasteiger partial charge on any atom is 0.540 e. The molecule has 1 aliphatic heterocycles. The van der Waals surface area contributed by atoms with Gasteiger partial charge in [0.1, 0.15) is 12.2 Å². The fourth-order valence-electron chi connectivity index (χ4n) is 1.43. The Morgan fingerprint density at radius 1 is 1.38 bits per heavy atom. The fraction of sp³-hybridized carbons (Fsp3) is 1.00. The molecule has 94 valence electrons. The second-order valence-electron chi connectivity index (χ2n) is 3.47. The fourth-order valence-corrected chi connectivity index (χ4v) is 2.24. The normalized spacial score (nSPS) is 37.4. The van der Waals surface area contributed by atoms with Gasteiger partial charge in [-0.05, 0) is 11.5 Å². The average Bonchev–Trinajstić information content (AvgIpc) is 2.47. The number of ether oxygens (including phenoxy) is 1. The predicted molar refractivity (Wildman–Crippen MR) is 52.7 cm³/mol. The summed E-state index contributed by atoms with van der Waals surface area (Å²) in [5.74, 6) is -1.30. The van der Waals surface area contributed by atoms with Crippen molar-refractivity contribution in [2.24, 2.45) is 0 Å². The standard InChI is InChI=1S/C8H16O7P/c1-2-14-16(13)5(9)3-4-6(10)7(11)8(12)15-4/h4-12H,2-3H2,1H3/q+1/t4-,5?,6-,7-,8-/m1/s1. The van der Waals surface area contributed by atoms with Crippen LogP contribution in [0.3, 0.4) is 0 Å². The van der Waals surface area contributed by atoms with Crippen LogP contribution in [0.15, 0.2) is 0 Å². The van der Waals surface area contributed by atoms with Gasteiger partial charge in [-0.3, -0.25) is 0 Å². The van der Waals surface area contributed by atoms with Crippen molar-refractivity contribution >= 4 is 8.03 Å². The van der Waals surface area contributed by atoms with E-state index < -0.39 is 38.5 Å². The molecule has 1 fully saturated rings. The van der Waals surface area contributed by atoms with Gasteiger partial charge in [-0.25, -0.2) is 0 Å². The van der Waals surface area contributed by atoms with E-state index in [0.29, 0.717) is 0 Å². The van der Waals surface area contributed by atoms with Crippen molar-refractivity contribution in [2.45, 2.75) is 43.8 Å². The quantitative estimate of drug-likeness (QED) is 0.461. The maximum atomic E-state index is 11.2. The molecule has 7 nitrogen and oxygen atoms in total. The van der Waals surface area contributed by atoms with Gasteiger partial charge in [0, 0.05) is 0 Å². The summed E-state index contributed by atoms with van der Waals surface area (Å²) in [6, 6.07) is 0. The number of hydrogen-bond acceptors (Lipinski definition) is 7. The summed E-state index contributed by atoms with van der Waals surface area (Å²) in [6.07, 6.45) is -5.35. The topological polar surface area (TPSA) is 116 Å². The summed E-state index contributed by atoms with van der Waals surface area (Å²) < 4.78 is 20.7. The Kier molecular flexibility index (Phi) is 5.20. The minimum absolute atomic E-state index is 0.176. The van der Waals surface area contributed by atoms with Gasteiger partial charge in [-0.1, -0.05) is 0 Å². The number of aliphatic hydroxyl groups excluding tert-OH is 4. The maximum absolute atomic E-state index is 11.2. The first-order valence-corrected chi connectivity index (χ1v) is 6.19. The third-order valence-electron chi connectivity index (χ3n) is 2.28. The van der Waals surface area contributed by atoms with Crippen molar-refractivity contribution in [1.82, 2.24) is 0 Å². The lowest BCUT2D eigenvalue weighted by atomic mass is 10.1. The van der Waals surface area contributed by atoms with Crippen LogP contribution in [0.4, 0.5) is 0 Å². The minimum atomic E-state index is -2.25. The summed E-state index contributed by atoms with van der Waals surface area (Å²) in [7, 11) is -2.25. The zero-order chi connectivity index (χ0) is 12.3. The molecule has 1 heterocycles.